The number of para-hydroxylation sites is 1. The van der Waals surface area contributed by atoms with Crippen molar-refractivity contribution in [2.24, 2.45) is 5.84 Å². The molecular formula is C15H17N3O3. The number of nitrogens with one attached hydrogen (secondary N) is 1. The lowest BCUT2D eigenvalue weighted by atomic mass is 10.1. The van der Waals surface area contributed by atoms with Crippen LogP contribution in [0.15, 0.2) is 42.5 Å². The van der Waals surface area contributed by atoms with E-state index < -0.39 is 4.92 Å². The Bertz CT molecular complexity index is 644. The number of ether oxygens (including phenoxy) is 1. The topological polar surface area (TPSA) is 90.4 Å². The predicted octanol–water partition coefficient (Wildman–Crippen LogP) is 3.02. The highest BCUT2D eigenvalue weighted by Gasteiger charge is 2.11. The van der Waals surface area contributed by atoms with Gasteiger partial charge in [-0.25, -0.2) is 0 Å². The molecule has 0 unspecified atom stereocenters. The van der Waals surface area contributed by atoms with Crippen molar-refractivity contribution in [3.63, 3.8) is 0 Å². The fourth-order valence-corrected chi connectivity index (χ4v) is 2.05. The summed E-state index contributed by atoms with van der Waals surface area (Å²) >= 11 is 0. The molecule has 0 saturated carbocycles. The van der Waals surface area contributed by atoms with Gasteiger partial charge in [0, 0.05) is 17.7 Å². The minimum Gasteiger partial charge on any atom is -0.489 e. The van der Waals surface area contributed by atoms with E-state index in [0.717, 1.165) is 17.7 Å². The Hall–Kier alpha value is -2.60. The van der Waals surface area contributed by atoms with E-state index in [1.807, 2.05) is 31.2 Å². The van der Waals surface area contributed by atoms with Crippen molar-refractivity contribution in [2.75, 3.05) is 5.43 Å². The molecule has 0 bridgehead atoms. The van der Waals surface area contributed by atoms with E-state index in [1.165, 1.54) is 12.1 Å². The lowest BCUT2D eigenvalue weighted by molar-refractivity contribution is -0.384. The fourth-order valence-electron chi connectivity index (χ4n) is 2.05. The molecule has 0 saturated heterocycles. The lowest BCUT2D eigenvalue weighted by Crippen LogP contribution is -2.11. The van der Waals surface area contributed by atoms with E-state index in [-0.39, 0.29) is 12.3 Å². The molecular weight excluding hydrogens is 270 g/mol. The van der Waals surface area contributed by atoms with Crippen molar-refractivity contribution in [3.05, 3.63) is 63.7 Å². The normalized spacial score (nSPS) is 10.2. The highest BCUT2D eigenvalue weighted by molar-refractivity contribution is 5.55. The Labute approximate surface area is 122 Å². The number of aryl methyl sites for hydroxylation is 1. The van der Waals surface area contributed by atoms with Crippen LogP contribution in [0.4, 0.5) is 11.4 Å². The molecule has 0 aliphatic heterocycles. The van der Waals surface area contributed by atoms with Gasteiger partial charge in [0.05, 0.1) is 10.6 Å². The van der Waals surface area contributed by atoms with E-state index >= 15 is 0 Å². The third-order valence-corrected chi connectivity index (χ3v) is 3.19. The smallest absolute Gasteiger partial charge is 0.269 e. The lowest BCUT2D eigenvalue weighted by Gasteiger charge is -2.12. The number of nitrogen functional groups attached to an aromatic ring is 1. The summed E-state index contributed by atoms with van der Waals surface area (Å²) in [5, 5.41) is 10.8. The van der Waals surface area contributed by atoms with Gasteiger partial charge in [0.1, 0.15) is 12.4 Å². The van der Waals surface area contributed by atoms with Crippen LogP contribution in [-0.2, 0) is 13.0 Å². The molecule has 0 aromatic heterocycles. The number of nitro groups is 1. The number of nitrogens with zero attached hydrogens (tertiary/aromatic N) is 1. The average Bonchev–Trinajstić information content (AvgIpc) is 2.52. The van der Waals surface area contributed by atoms with Gasteiger partial charge in [-0.2, -0.15) is 0 Å². The standard InChI is InChI=1S/C15H17N3O3/c1-2-11-5-3-4-6-15(11)21-10-12-9-13(18(19)20)7-8-14(12)17-16/h3-9,17H,2,10,16H2,1H3. The van der Waals surface area contributed by atoms with Crippen LogP contribution in [0.25, 0.3) is 0 Å². The minimum absolute atomic E-state index is 0.0105. The van der Waals surface area contributed by atoms with Crippen LogP contribution in [0.1, 0.15) is 18.1 Å². The molecule has 21 heavy (non-hydrogen) atoms. The molecule has 2 rings (SSSR count). The number of benzene rings is 2. The number of nitrogens with two attached hydrogens (primary N) is 1. The average molecular weight is 287 g/mol. The Morgan fingerprint density at radius 1 is 1.24 bits per heavy atom. The van der Waals surface area contributed by atoms with Crippen molar-refractivity contribution in [2.45, 2.75) is 20.0 Å². The first-order chi connectivity index (χ1) is 10.2. The van der Waals surface area contributed by atoms with E-state index in [2.05, 4.69) is 5.43 Å². The van der Waals surface area contributed by atoms with E-state index in [4.69, 9.17) is 10.6 Å². The molecule has 0 amide bonds. The number of non-ortho nitro benzene ring substituents is 1. The highest BCUT2D eigenvalue weighted by atomic mass is 16.6. The van der Waals surface area contributed by atoms with Crippen LogP contribution in [0.3, 0.4) is 0 Å². The predicted molar refractivity (Wildman–Crippen MR) is 81.1 cm³/mol. The first-order valence-electron chi connectivity index (χ1n) is 6.60. The summed E-state index contributed by atoms with van der Waals surface area (Å²) in [5.41, 5.74) is 4.87. The first kappa shape index (κ1) is 14.8. The summed E-state index contributed by atoms with van der Waals surface area (Å²) < 4.78 is 5.77. The maximum atomic E-state index is 10.8. The van der Waals surface area contributed by atoms with Crippen molar-refractivity contribution in [1.82, 2.24) is 0 Å². The van der Waals surface area contributed by atoms with Crippen LogP contribution in [0.2, 0.25) is 0 Å². The number of rotatable bonds is 6. The Balaban J connectivity index is 2.22. The van der Waals surface area contributed by atoms with E-state index in [9.17, 15) is 10.1 Å². The van der Waals surface area contributed by atoms with Gasteiger partial charge < -0.3 is 10.2 Å². The highest BCUT2D eigenvalue weighted by Crippen LogP contribution is 2.25. The third kappa shape index (κ3) is 3.49. The molecule has 0 spiro atoms. The summed E-state index contributed by atoms with van der Waals surface area (Å²) in [6.45, 7) is 2.25. The monoisotopic (exact) mass is 287 g/mol. The number of hydrogen-bond acceptors (Lipinski definition) is 5. The molecule has 0 radical (unpaired) electrons. The second kappa shape index (κ2) is 6.71. The van der Waals surface area contributed by atoms with E-state index in [0.29, 0.717) is 11.3 Å². The molecule has 2 aromatic carbocycles. The maximum Gasteiger partial charge on any atom is 0.269 e. The number of hydrazine groups is 1. The number of hydrogen-bond donors (Lipinski definition) is 2. The van der Waals surface area contributed by atoms with Crippen LogP contribution in [-0.4, -0.2) is 4.92 Å². The molecule has 0 heterocycles. The zero-order valence-corrected chi connectivity index (χ0v) is 11.7. The van der Waals surface area contributed by atoms with Crippen LogP contribution < -0.4 is 16.0 Å². The maximum absolute atomic E-state index is 10.8. The SMILES string of the molecule is CCc1ccccc1OCc1cc([N+](=O)[O-])ccc1NN. The van der Waals surface area contributed by atoms with Gasteiger partial charge in [-0.15, -0.1) is 0 Å². The summed E-state index contributed by atoms with van der Waals surface area (Å²) in [6, 6.07) is 12.2. The Morgan fingerprint density at radius 3 is 2.67 bits per heavy atom. The fraction of sp³-hybridized carbons (Fsp3) is 0.200. The first-order valence-corrected chi connectivity index (χ1v) is 6.60. The van der Waals surface area contributed by atoms with Gasteiger partial charge in [0.2, 0.25) is 0 Å². The quantitative estimate of drug-likeness (QED) is 0.484. The number of anilines is 1. The minimum atomic E-state index is -0.441. The van der Waals surface area contributed by atoms with Crippen molar-refractivity contribution in [3.8, 4) is 5.75 Å². The van der Waals surface area contributed by atoms with Gasteiger partial charge in [0.15, 0.2) is 0 Å². The van der Waals surface area contributed by atoms with Gasteiger partial charge in [-0.3, -0.25) is 16.0 Å². The summed E-state index contributed by atoms with van der Waals surface area (Å²) in [4.78, 5) is 10.4. The molecule has 0 atom stereocenters. The molecule has 6 nitrogen and oxygen atoms in total. The Kier molecular flexibility index (Phi) is 4.73. The molecule has 0 fully saturated rings. The third-order valence-electron chi connectivity index (χ3n) is 3.19. The molecule has 3 N–H and O–H groups in total. The van der Waals surface area contributed by atoms with E-state index in [1.54, 1.807) is 6.07 Å². The number of nitro benzene ring substituents is 1. The molecule has 0 aliphatic carbocycles. The largest absolute Gasteiger partial charge is 0.489 e. The van der Waals surface area contributed by atoms with Crippen molar-refractivity contribution in [1.29, 1.82) is 0 Å². The van der Waals surface area contributed by atoms with Crippen molar-refractivity contribution >= 4 is 11.4 Å². The van der Waals surface area contributed by atoms with Gasteiger partial charge in [0.25, 0.3) is 5.69 Å². The van der Waals surface area contributed by atoms with Gasteiger partial charge in [-0.1, -0.05) is 25.1 Å². The van der Waals surface area contributed by atoms with Gasteiger partial charge in [-0.05, 0) is 24.1 Å². The summed E-state index contributed by atoms with van der Waals surface area (Å²) in [7, 11) is 0. The van der Waals surface area contributed by atoms with Crippen LogP contribution >= 0.6 is 0 Å². The molecule has 6 heteroatoms. The molecule has 110 valence electrons. The summed E-state index contributed by atoms with van der Waals surface area (Å²) in [6.07, 6.45) is 0.854. The molecule has 0 aliphatic rings. The van der Waals surface area contributed by atoms with Crippen LogP contribution in [0, 0.1) is 10.1 Å². The zero-order chi connectivity index (χ0) is 15.2. The second-order valence-electron chi connectivity index (χ2n) is 4.49. The van der Waals surface area contributed by atoms with Crippen LogP contribution in [0.5, 0.6) is 5.75 Å². The second-order valence-corrected chi connectivity index (χ2v) is 4.49. The van der Waals surface area contributed by atoms with Crippen molar-refractivity contribution < 1.29 is 9.66 Å². The molecule has 2 aromatic rings. The zero-order valence-electron chi connectivity index (χ0n) is 11.7. The summed E-state index contributed by atoms with van der Waals surface area (Å²) in [5.74, 6) is 6.20. The van der Waals surface area contributed by atoms with Gasteiger partial charge >= 0.3 is 0 Å². The Morgan fingerprint density at radius 2 is 2.00 bits per heavy atom.